The zero-order valence-electron chi connectivity index (χ0n) is 18.7. The average molecular weight is 490 g/mol. The van der Waals surface area contributed by atoms with Crippen molar-refractivity contribution in [2.45, 2.75) is 32.4 Å². The molecule has 1 amide bonds. The number of benzene rings is 1. The number of pyridine rings is 1. The lowest BCUT2D eigenvalue weighted by Crippen LogP contribution is -2.40. The summed E-state index contributed by atoms with van der Waals surface area (Å²) in [6.45, 7) is 4.69. The third-order valence-electron chi connectivity index (χ3n) is 5.58. The summed E-state index contributed by atoms with van der Waals surface area (Å²) in [6.07, 6.45) is 0.278. The van der Waals surface area contributed by atoms with Gasteiger partial charge in [-0.15, -0.1) is 11.3 Å². The number of anilines is 2. The SMILES string of the molecule is Cc1nc(COC(=O)N2CCC(C)(N)C2)sc1-c1cccc(-c2cc(F)c(N)c(NN)c2F)n1. The molecule has 0 bridgehead atoms. The van der Waals surface area contributed by atoms with Crippen molar-refractivity contribution >= 4 is 28.8 Å². The van der Waals surface area contributed by atoms with Crippen LogP contribution in [0.25, 0.3) is 21.8 Å². The number of hydrogen-bond donors (Lipinski definition) is 4. The summed E-state index contributed by atoms with van der Waals surface area (Å²) in [7, 11) is 0. The van der Waals surface area contributed by atoms with Crippen LogP contribution in [0.5, 0.6) is 0 Å². The summed E-state index contributed by atoms with van der Waals surface area (Å²) in [5, 5.41) is 0.585. The van der Waals surface area contributed by atoms with Crippen LogP contribution in [-0.2, 0) is 11.3 Å². The molecule has 1 atom stereocenters. The minimum Gasteiger partial charge on any atom is -0.442 e. The van der Waals surface area contributed by atoms with E-state index < -0.39 is 29.0 Å². The highest BCUT2D eigenvalue weighted by atomic mass is 32.1. The first kappa shape index (κ1) is 23.8. The lowest BCUT2D eigenvalue weighted by Gasteiger charge is -2.19. The van der Waals surface area contributed by atoms with Gasteiger partial charge in [0.05, 0.1) is 27.6 Å². The molecule has 3 aromatic rings. The number of nitrogens with one attached hydrogen (secondary N) is 1. The molecule has 1 fully saturated rings. The number of nitrogens with two attached hydrogens (primary N) is 3. The third-order valence-corrected chi connectivity index (χ3v) is 6.73. The lowest BCUT2D eigenvalue weighted by molar-refractivity contribution is 0.102. The van der Waals surface area contributed by atoms with Gasteiger partial charge in [-0.2, -0.15) is 0 Å². The molecule has 12 heteroatoms. The molecule has 7 N–H and O–H groups in total. The Kier molecular flexibility index (Phi) is 6.39. The molecule has 1 aliphatic rings. The fourth-order valence-corrected chi connectivity index (χ4v) is 4.73. The number of thiazole rings is 1. The van der Waals surface area contributed by atoms with Gasteiger partial charge < -0.3 is 26.5 Å². The van der Waals surface area contributed by atoms with Crippen LogP contribution in [-0.4, -0.2) is 39.6 Å². The van der Waals surface area contributed by atoms with Gasteiger partial charge in [-0.25, -0.2) is 23.5 Å². The molecule has 180 valence electrons. The van der Waals surface area contributed by atoms with Gasteiger partial charge in [0.25, 0.3) is 0 Å². The van der Waals surface area contributed by atoms with Gasteiger partial charge in [0.2, 0.25) is 0 Å². The van der Waals surface area contributed by atoms with Crippen molar-refractivity contribution in [1.29, 1.82) is 0 Å². The number of hydrazine groups is 1. The molecule has 1 saturated heterocycles. The number of nitrogens with zero attached hydrogens (tertiary/aromatic N) is 3. The first-order chi connectivity index (χ1) is 16.1. The number of halogens is 2. The zero-order chi connectivity index (χ0) is 24.6. The number of likely N-dealkylation sites (tertiary alicyclic amines) is 1. The van der Waals surface area contributed by atoms with E-state index in [-0.39, 0.29) is 23.6 Å². The quantitative estimate of drug-likeness (QED) is 0.242. The second kappa shape index (κ2) is 9.12. The Labute approximate surface area is 198 Å². The Bertz CT molecular complexity index is 1250. The molecule has 1 aromatic carbocycles. The highest BCUT2D eigenvalue weighted by Gasteiger charge is 2.33. The number of carbonyl (C=O) groups is 1. The van der Waals surface area contributed by atoms with E-state index in [2.05, 4.69) is 15.4 Å². The van der Waals surface area contributed by atoms with Crippen LogP contribution in [0.3, 0.4) is 0 Å². The Morgan fingerprint density at radius 1 is 1.32 bits per heavy atom. The fraction of sp³-hybridized carbons (Fsp3) is 0.318. The maximum atomic E-state index is 14.9. The van der Waals surface area contributed by atoms with Crippen LogP contribution in [0.4, 0.5) is 25.0 Å². The van der Waals surface area contributed by atoms with Gasteiger partial charge in [0.15, 0.2) is 5.82 Å². The summed E-state index contributed by atoms with van der Waals surface area (Å²) in [5.74, 6) is 3.68. The highest BCUT2D eigenvalue weighted by Crippen LogP contribution is 2.35. The number of nitrogen functional groups attached to an aromatic ring is 2. The Balaban J connectivity index is 1.55. The number of carbonyl (C=O) groups excluding carboxylic acids is 1. The molecule has 0 spiro atoms. The number of rotatable bonds is 5. The largest absolute Gasteiger partial charge is 0.442 e. The van der Waals surface area contributed by atoms with Crippen molar-refractivity contribution < 1.29 is 18.3 Å². The molecule has 1 unspecified atom stereocenters. The van der Waals surface area contributed by atoms with Gasteiger partial charge in [0.1, 0.15) is 23.1 Å². The van der Waals surface area contributed by atoms with Crippen molar-refractivity contribution in [3.63, 3.8) is 0 Å². The van der Waals surface area contributed by atoms with E-state index in [0.29, 0.717) is 35.9 Å². The monoisotopic (exact) mass is 489 g/mol. The Morgan fingerprint density at radius 3 is 2.74 bits per heavy atom. The minimum absolute atomic E-state index is 0.00511. The molecular formula is C22H25F2N7O2S. The number of hydrogen-bond acceptors (Lipinski definition) is 9. The Morgan fingerprint density at radius 2 is 2.06 bits per heavy atom. The second-order valence-corrected chi connectivity index (χ2v) is 9.55. The van der Waals surface area contributed by atoms with Gasteiger partial charge in [-0.3, -0.25) is 5.84 Å². The molecule has 0 saturated carbocycles. The fourth-order valence-electron chi connectivity index (χ4n) is 3.79. The molecule has 4 rings (SSSR count). The first-order valence-electron chi connectivity index (χ1n) is 10.5. The van der Waals surface area contributed by atoms with E-state index in [1.54, 1.807) is 30.0 Å². The van der Waals surface area contributed by atoms with Crippen molar-refractivity contribution in [2.75, 3.05) is 24.2 Å². The van der Waals surface area contributed by atoms with E-state index >= 15 is 0 Å². The van der Waals surface area contributed by atoms with Crippen molar-refractivity contribution in [3.05, 3.63) is 46.6 Å². The second-order valence-electron chi connectivity index (χ2n) is 8.46. The zero-order valence-corrected chi connectivity index (χ0v) is 19.5. The van der Waals surface area contributed by atoms with Crippen molar-refractivity contribution in [2.24, 2.45) is 11.6 Å². The maximum Gasteiger partial charge on any atom is 0.410 e. The highest BCUT2D eigenvalue weighted by molar-refractivity contribution is 7.15. The summed E-state index contributed by atoms with van der Waals surface area (Å²) < 4.78 is 34.5. The maximum absolute atomic E-state index is 14.9. The van der Waals surface area contributed by atoms with Gasteiger partial charge in [-0.1, -0.05) is 6.07 Å². The molecule has 2 aromatic heterocycles. The normalized spacial score (nSPS) is 17.8. The van der Waals surface area contributed by atoms with Gasteiger partial charge >= 0.3 is 6.09 Å². The van der Waals surface area contributed by atoms with Crippen LogP contribution in [0.15, 0.2) is 24.3 Å². The van der Waals surface area contributed by atoms with Crippen molar-refractivity contribution in [1.82, 2.24) is 14.9 Å². The summed E-state index contributed by atoms with van der Waals surface area (Å²) in [6, 6.07) is 5.95. The van der Waals surface area contributed by atoms with E-state index in [1.165, 1.54) is 11.3 Å². The smallest absolute Gasteiger partial charge is 0.410 e. The number of ether oxygens (including phenoxy) is 1. The third kappa shape index (κ3) is 4.65. The topological polar surface area (TPSA) is 145 Å². The van der Waals surface area contributed by atoms with Crippen LogP contribution >= 0.6 is 11.3 Å². The van der Waals surface area contributed by atoms with E-state index in [1.807, 2.05) is 6.92 Å². The summed E-state index contributed by atoms with van der Waals surface area (Å²) in [4.78, 5) is 23.6. The van der Waals surface area contributed by atoms with Crippen LogP contribution in [0.1, 0.15) is 24.0 Å². The van der Waals surface area contributed by atoms with Gasteiger partial charge in [0, 0.05) is 24.2 Å². The molecule has 0 aliphatic carbocycles. The lowest BCUT2D eigenvalue weighted by atomic mass is 10.0. The molecule has 0 radical (unpaired) electrons. The van der Waals surface area contributed by atoms with Crippen LogP contribution < -0.4 is 22.7 Å². The summed E-state index contributed by atoms with van der Waals surface area (Å²) >= 11 is 1.30. The molecular weight excluding hydrogens is 464 g/mol. The van der Waals surface area contributed by atoms with Crippen molar-refractivity contribution in [3.8, 4) is 21.8 Å². The number of amides is 1. The standard InChI is InChI=1S/C22H25F2N7O2S/c1-11-20(34-16(28-11)9-33-21(32)31-7-6-22(2,26)10-31)15-5-3-4-14(29-15)12-8-13(23)18(25)19(30-27)17(12)24/h3-5,8,30H,6-7,9-10,25-27H2,1-2H3. The number of aryl methyl sites for hydroxylation is 1. The molecule has 3 heterocycles. The van der Waals surface area contributed by atoms with Crippen LogP contribution in [0.2, 0.25) is 0 Å². The van der Waals surface area contributed by atoms with E-state index in [0.717, 1.165) is 10.9 Å². The first-order valence-corrected chi connectivity index (χ1v) is 11.3. The predicted molar refractivity (Wildman–Crippen MR) is 127 cm³/mol. The summed E-state index contributed by atoms with van der Waals surface area (Å²) in [5.41, 5.74) is 13.9. The van der Waals surface area contributed by atoms with E-state index in [9.17, 15) is 13.6 Å². The van der Waals surface area contributed by atoms with E-state index in [4.69, 9.17) is 22.0 Å². The molecule has 9 nitrogen and oxygen atoms in total. The molecule has 1 aliphatic heterocycles. The molecule has 34 heavy (non-hydrogen) atoms. The average Bonchev–Trinajstić information content (AvgIpc) is 3.36. The number of aromatic nitrogens is 2. The van der Waals surface area contributed by atoms with Gasteiger partial charge in [-0.05, 0) is 38.5 Å². The van der Waals surface area contributed by atoms with Crippen LogP contribution in [0, 0.1) is 18.6 Å². The minimum atomic E-state index is -0.817. The Hall–Kier alpha value is -3.35. The predicted octanol–water partition coefficient (Wildman–Crippen LogP) is 3.39.